The first kappa shape index (κ1) is 13.1. The number of amides is 1. The summed E-state index contributed by atoms with van der Waals surface area (Å²) in [5, 5.41) is 3.63. The maximum atomic E-state index is 10.9. The van der Waals surface area contributed by atoms with Gasteiger partial charge in [0.15, 0.2) is 6.29 Å². The van der Waals surface area contributed by atoms with Gasteiger partial charge in [0, 0.05) is 24.4 Å². The molecule has 19 heavy (non-hydrogen) atoms. The van der Waals surface area contributed by atoms with E-state index in [2.05, 4.69) is 5.32 Å². The minimum atomic E-state index is -0.0615. The second kappa shape index (κ2) is 5.56. The van der Waals surface area contributed by atoms with Crippen molar-refractivity contribution < 1.29 is 18.7 Å². The summed E-state index contributed by atoms with van der Waals surface area (Å²) in [4.78, 5) is 21.7. The lowest BCUT2D eigenvalue weighted by molar-refractivity contribution is -0.118. The summed E-state index contributed by atoms with van der Waals surface area (Å²) in [7, 11) is 1.52. The molecule has 0 unspecified atom stereocenters. The van der Waals surface area contributed by atoms with Crippen LogP contribution in [0.1, 0.15) is 22.8 Å². The maximum Gasteiger partial charge on any atom is 0.216 e. The Bertz CT molecular complexity index is 615. The normalized spacial score (nSPS) is 10.4. The molecular weight excluding hydrogens is 246 g/mol. The van der Waals surface area contributed by atoms with Gasteiger partial charge in [-0.3, -0.25) is 9.59 Å². The smallest absolute Gasteiger partial charge is 0.216 e. The number of nitrogens with one attached hydrogen (secondary N) is 1. The van der Waals surface area contributed by atoms with Crippen molar-refractivity contribution in [3.8, 4) is 5.75 Å². The lowest BCUT2D eigenvalue weighted by Crippen LogP contribution is -2.22. The van der Waals surface area contributed by atoms with Crippen molar-refractivity contribution in [3.05, 3.63) is 29.5 Å². The zero-order valence-electron chi connectivity index (χ0n) is 10.9. The van der Waals surface area contributed by atoms with Crippen LogP contribution in [0.25, 0.3) is 11.0 Å². The number of ether oxygens (including phenoxy) is 1. The van der Waals surface area contributed by atoms with Gasteiger partial charge < -0.3 is 14.5 Å². The minimum absolute atomic E-state index is 0.0615. The number of rotatable bonds is 5. The van der Waals surface area contributed by atoms with E-state index in [0.29, 0.717) is 29.9 Å². The van der Waals surface area contributed by atoms with Crippen LogP contribution in [0.5, 0.6) is 5.75 Å². The number of furan rings is 1. The van der Waals surface area contributed by atoms with E-state index in [-0.39, 0.29) is 5.91 Å². The Morgan fingerprint density at radius 2 is 2.26 bits per heavy atom. The van der Waals surface area contributed by atoms with Gasteiger partial charge in [-0.25, -0.2) is 0 Å². The van der Waals surface area contributed by atoms with Crippen molar-refractivity contribution in [1.29, 1.82) is 0 Å². The fourth-order valence-electron chi connectivity index (χ4n) is 1.96. The Hall–Kier alpha value is -2.30. The van der Waals surface area contributed by atoms with E-state index in [4.69, 9.17) is 9.15 Å². The fraction of sp³-hybridized carbons (Fsp3) is 0.286. The molecule has 2 aromatic rings. The van der Waals surface area contributed by atoms with E-state index in [1.165, 1.54) is 14.0 Å². The number of hydrogen-bond acceptors (Lipinski definition) is 4. The molecule has 0 radical (unpaired) electrons. The van der Waals surface area contributed by atoms with E-state index >= 15 is 0 Å². The maximum absolute atomic E-state index is 10.9. The van der Waals surface area contributed by atoms with Gasteiger partial charge in [0.25, 0.3) is 0 Å². The molecule has 100 valence electrons. The first-order chi connectivity index (χ1) is 9.15. The summed E-state index contributed by atoms with van der Waals surface area (Å²) >= 11 is 0. The Balaban J connectivity index is 2.31. The monoisotopic (exact) mass is 261 g/mol. The van der Waals surface area contributed by atoms with Crippen molar-refractivity contribution >= 4 is 23.2 Å². The van der Waals surface area contributed by atoms with Gasteiger partial charge in [-0.15, -0.1) is 0 Å². The Labute approximate surface area is 110 Å². The number of carbonyl (C=O) groups is 2. The van der Waals surface area contributed by atoms with Crippen molar-refractivity contribution in [2.75, 3.05) is 13.7 Å². The van der Waals surface area contributed by atoms with E-state index < -0.39 is 0 Å². The van der Waals surface area contributed by atoms with Crippen molar-refractivity contribution in [2.45, 2.75) is 13.3 Å². The molecule has 5 heteroatoms. The third-order valence-electron chi connectivity index (χ3n) is 2.90. The van der Waals surface area contributed by atoms with Crippen molar-refractivity contribution in [3.63, 3.8) is 0 Å². The number of aldehydes is 1. The molecule has 0 aliphatic heterocycles. The van der Waals surface area contributed by atoms with Gasteiger partial charge in [0.05, 0.1) is 18.9 Å². The first-order valence-electron chi connectivity index (χ1n) is 5.93. The Morgan fingerprint density at radius 3 is 2.89 bits per heavy atom. The fourth-order valence-corrected chi connectivity index (χ4v) is 1.96. The molecule has 0 spiro atoms. The minimum Gasteiger partial charge on any atom is -0.496 e. The molecule has 0 saturated carbocycles. The molecule has 0 saturated heterocycles. The van der Waals surface area contributed by atoms with Crippen LogP contribution in [0.15, 0.2) is 22.8 Å². The first-order valence-corrected chi connectivity index (χ1v) is 5.93. The lowest BCUT2D eigenvalue weighted by Gasteiger charge is -2.04. The number of fused-ring (bicyclic) bond motifs is 1. The largest absolute Gasteiger partial charge is 0.496 e. The predicted molar refractivity (Wildman–Crippen MR) is 70.5 cm³/mol. The van der Waals surface area contributed by atoms with E-state index in [1.807, 2.05) is 0 Å². The molecule has 0 aliphatic carbocycles. The SMILES string of the molecule is COc1cc2c(CCNC(C)=O)coc2cc1C=O. The molecule has 0 bridgehead atoms. The highest BCUT2D eigenvalue weighted by Crippen LogP contribution is 2.28. The van der Waals surface area contributed by atoms with Gasteiger partial charge in [-0.2, -0.15) is 0 Å². The van der Waals surface area contributed by atoms with Crippen molar-refractivity contribution in [2.24, 2.45) is 0 Å². The number of benzene rings is 1. The summed E-state index contributed by atoms with van der Waals surface area (Å²) in [5.74, 6) is 0.457. The highest BCUT2D eigenvalue weighted by molar-refractivity contribution is 5.91. The molecule has 0 atom stereocenters. The molecular formula is C14H15NO4. The summed E-state index contributed by atoms with van der Waals surface area (Å²) in [6.45, 7) is 2.02. The highest BCUT2D eigenvalue weighted by atomic mass is 16.5. The third kappa shape index (κ3) is 2.76. The van der Waals surface area contributed by atoms with Gasteiger partial charge in [0.1, 0.15) is 11.3 Å². The van der Waals surface area contributed by atoms with E-state index in [0.717, 1.165) is 17.2 Å². The van der Waals surface area contributed by atoms with Crippen LogP contribution in [-0.4, -0.2) is 25.8 Å². The quantitative estimate of drug-likeness (QED) is 0.835. The number of methoxy groups -OCH3 is 1. The Morgan fingerprint density at radius 1 is 1.47 bits per heavy atom. The van der Waals surface area contributed by atoms with E-state index in [1.54, 1.807) is 18.4 Å². The number of carbonyl (C=O) groups excluding carboxylic acids is 2. The number of hydrogen-bond donors (Lipinski definition) is 1. The standard InChI is InChI=1S/C14H15NO4/c1-9(17)15-4-3-10-8-19-14-5-11(7-16)13(18-2)6-12(10)14/h5-8H,3-4H2,1-2H3,(H,15,17). The summed E-state index contributed by atoms with van der Waals surface area (Å²) in [5.41, 5.74) is 2.07. The molecule has 1 aromatic carbocycles. The topological polar surface area (TPSA) is 68.5 Å². The zero-order valence-corrected chi connectivity index (χ0v) is 10.9. The van der Waals surface area contributed by atoms with Crippen LogP contribution >= 0.6 is 0 Å². The van der Waals surface area contributed by atoms with Crippen LogP contribution in [-0.2, 0) is 11.2 Å². The summed E-state index contributed by atoms with van der Waals surface area (Å²) in [6, 6.07) is 3.44. The molecule has 0 aliphatic rings. The van der Waals surface area contributed by atoms with Crippen LogP contribution in [0.2, 0.25) is 0 Å². The lowest BCUT2D eigenvalue weighted by atomic mass is 10.1. The molecule has 2 rings (SSSR count). The molecule has 1 amide bonds. The molecule has 0 fully saturated rings. The second-order valence-electron chi connectivity index (χ2n) is 4.20. The van der Waals surface area contributed by atoms with E-state index in [9.17, 15) is 9.59 Å². The van der Waals surface area contributed by atoms with Crippen LogP contribution in [0.4, 0.5) is 0 Å². The van der Waals surface area contributed by atoms with Crippen LogP contribution in [0, 0.1) is 0 Å². The highest BCUT2D eigenvalue weighted by Gasteiger charge is 2.11. The molecule has 5 nitrogen and oxygen atoms in total. The third-order valence-corrected chi connectivity index (χ3v) is 2.90. The second-order valence-corrected chi connectivity index (χ2v) is 4.20. The summed E-state index contributed by atoms with van der Waals surface area (Å²) < 4.78 is 10.6. The average molecular weight is 261 g/mol. The predicted octanol–water partition coefficient (Wildman–Crippen LogP) is 1.93. The molecule has 1 heterocycles. The molecule has 1 aromatic heterocycles. The van der Waals surface area contributed by atoms with Gasteiger partial charge in [0.2, 0.25) is 5.91 Å². The van der Waals surface area contributed by atoms with Crippen molar-refractivity contribution in [1.82, 2.24) is 5.32 Å². The molecule has 1 N–H and O–H groups in total. The van der Waals surface area contributed by atoms with Gasteiger partial charge in [-0.05, 0) is 18.6 Å². The van der Waals surface area contributed by atoms with Gasteiger partial charge in [-0.1, -0.05) is 0 Å². The Kier molecular flexibility index (Phi) is 3.85. The summed E-state index contributed by atoms with van der Waals surface area (Å²) in [6.07, 6.45) is 3.04. The zero-order chi connectivity index (χ0) is 13.8. The van der Waals surface area contributed by atoms with Crippen LogP contribution in [0.3, 0.4) is 0 Å². The average Bonchev–Trinajstić information content (AvgIpc) is 2.79. The van der Waals surface area contributed by atoms with Gasteiger partial charge >= 0.3 is 0 Å². The van der Waals surface area contributed by atoms with Crippen LogP contribution < -0.4 is 10.1 Å².